The molecular formula is C14H23N5O. The molecule has 1 unspecified atom stereocenters. The maximum atomic E-state index is 5.23. The first-order valence-corrected chi connectivity index (χ1v) is 7.35. The Kier molecular flexibility index (Phi) is 4.03. The number of hydrogen-bond donors (Lipinski definition) is 1. The van der Waals surface area contributed by atoms with Gasteiger partial charge in [0.25, 0.3) is 0 Å². The molecule has 0 bridgehead atoms. The standard InChI is InChI=1S/C14H23N5O/c1-11-9-13(20-2)17-14(16-11)19-7-5-18(6-8-19)12-3-4-15-10-12/h9,12,15H,3-8,10H2,1-2H3. The Morgan fingerprint density at radius 2 is 2.05 bits per heavy atom. The predicted octanol–water partition coefficient (Wildman–Crippen LogP) is 0.278. The van der Waals surface area contributed by atoms with Gasteiger partial charge in [-0.3, -0.25) is 4.90 Å². The number of methoxy groups -OCH3 is 1. The molecule has 0 amide bonds. The quantitative estimate of drug-likeness (QED) is 0.856. The van der Waals surface area contributed by atoms with Crippen LogP contribution in [0.5, 0.6) is 5.88 Å². The topological polar surface area (TPSA) is 53.5 Å². The number of aryl methyl sites for hydroxylation is 1. The highest BCUT2D eigenvalue weighted by atomic mass is 16.5. The third-order valence-electron chi connectivity index (χ3n) is 4.18. The van der Waals surface area contributed by atoms with E-state index in [1.54, 1.807) is 7.11 Å². The minimum atomic E-state index is 0.648. The van der Waals surface area contributed by atoms with Gasteiger partial charge in [-0.05, 0) is 19.9 Å². The van der Waals surface area contributed by atoms with Crippen LogP contribution in [-0.2, 0) is 0 Å². The molecule has 2 aliphatic heterocycles. The van der Waals surface area contributed by atoms with Gasteiger partial charge in [-0.1, -0.05) is 0 Å². The highest BCUT2D eigenvalue weighted by Crippen LogP contribution is 2.18. The zero-order chi connectivity index (χ0) is 13.9. The fourth-order valence-electron chi connectivity index (χ4n) is 3.01. The summed E-state index contributed by atoms with van der Waals surface area (Å²) in [6.45, 7) is 8.43. The van der Waals surface area contributed by atoms with Crippen LogP contribution in [0, 0.1) is 6.92 Å². The summed E-state index contributed by atoms with van der Waals surface area (Å²) < 4.78 is 5.23. The van der Waals surface area contributed by atoms with Gasteiger partial charge in [0.05, 0.1) is 7.11 Å². The number of nitrogens with one attached hydrogen (secondary N) is 1. The number of rotatable bonds is 3. The molecule has 0 radical (unpaired) electrons. The van der Waals surface area contributed by atoms with Crippen LogP contribution in [0.15, 0.2) is 6.07 Å². The summed E-state index contributed by atoms with van der Waals surface area (Å²) in [5.41, 5.74) is 0.953. The van der Waals surface area contributed by atoms with Gasteiger partial charge in [-0.2, -0.15) is 4.98 Å². The van der Waals surface area contributed by atoms with Crippen LogP contribution in [0.25, 0.3) is 0 Å². The third-order valence-corrected chi connectivity index (χ3v) is 4.18. The van der Waals surface area contributed by atoms with Crippen LogP contribution in [0.4, 0.5) is 5.95 Å². The molecule has 2 fully saturated rings. The van der Waals surface area contributed by atoms with Gasteiger partial charge in [0, 0.05) is 50.5 Å². The molecule has 0 spiro atoms. The number of piperazine rings is 1. The smallest absolute Gasteiger partial charge is 0.228 e. The summed E-state index contributed by atoms with van der Waals surface area (Å²) in [6, 6.07) is 2.58. The van der Waals surface area contributed by atoms with E-state index < -0.39 is 0 Å². The Labute approximate surface area is 120 Å². The molecule has 1 N–H and O–H groups in total. The van der Waals surface area contributed by atoms with Gasteiger partial charge >= 0.3 is 0 Å². The first-order chi connectivity index (χ1) is 9.76. The number of ether oxygens (including phenoxy) is 1. The first-order valence-electron chi connectivity index (χ1n) is 7.35. The number of aromatic nitrogens is 2. The number of anilines is 1. The summed E-state index contributed by atoms with van der Waals surface area (Å²) in [4.78, 5) is 13.8. The van der Waals surface area contributed by atoms with Crippen molar-refractivity contribution in [3.05, 3.63) is 11.8 Å². The van der Waals surface area contributed by atoms with E-state index in [-0.39, 0.29) is 0 Å². The summed E-state index contributed by atoms with van der Waals surface area (Å²) in [5.74, 6) is 1.45. The Hall–Kier alpha value is -1.40. The van der Waals surface area contributed by atoms with Crippen LogP contribution in [0.3, 0.4) is 0 Å². The Morgan fingerprint density at radius 3 is 2.70 bits per heavy atom. The van der Waals surface area contributed by atoms with E-state index in [2.05, 4.69) is 25.1 Å². The van der Waals surface area contributed by atoms with Crippen molar-refractivity contribution in [1.29, 1.82) is 0 Å². The fourth-order valence-corrected chi connectivity index (χ4v) is 3.01. The van der Waals surface area contributed by atoms with Crippen LogP contribution in [0.2, 0.25) is 0 Å². The fraction of sp³-hybridized carbons (Fsp3) is 0.714. The lowest BCUT2D eigenvalue weighted by molar-refractivity contribution is 0.195. The van der Waals surface area contributed by atoms with E-state index in [4.69, 9.17) is 4.74 Å². The number of nitrogens with zero attached hydrogens (tertiary/aromatic N) is 4. The van der Waals surface area contributed by atoms with Crippen molar-refractivity contribution < 1.29 is 4.74 Å². The van der Waals surface area contributed by atoms with Crippen molar-refractivity contribution in [3.63, 3.8) is 0 Å². The highest BCUT2D eigenvalue weighted by molar-refractivity contribution is 5.35. The largest absolute Gasteiger partial charge is 0.481 e. The van der Waals surface area contributed by atoms with Gasteiger partial charge in [-0.25, -0.2) is 4.98 Å². The van der Waals surface area contributed by atoms with Crippen molar-refractivity contribution in [2.45, 2.75) is 19.4 Å². The average molecular weight is 277 g/mol. The normalized spacial score (nSPS) is 24.1. The first kappa shape index (κ1) is 13.6. The molecule has 6 nitrogen and oxygen atoms in total. The van der Waals surface area contributed by atoms with Gasteiger partial charge in [0.1, 0.15) is 0 Å². The SMILES string of the molecule is COc1cc(C)nc(N2CCN(C3CCNC3)CC2)n1. The minimum Gasteiger partial charge on any atom is -0.481 e. The molecule has 3 rings (SSSR count). The van der Waals surface area contributed by atoms with Crippen LogP contribution < -0.4 is 15.0 Å². The molecule has 1 aromatic rings. The van der Waals surface area contributed by atoms with Crippen LogP contribution >= 0.6 is 0 Å². The average Bonchev–Trinajstić information content (AvgIpc) is 3.01. The maximum absolute atomic E-state index is 5.23. The van der Waals surface area contributed by atoms with E-state index in [9.17, 15) is 0 Å². The van der Waals surface area contributed by atoms with Crippen LogP contribution in [0.1, 0.15) is 12.1 Å². The van der Waals surface area contributed by atoms with Crippen molar-refractivity contribution in [2.75, 3.05) is 51.3 Å². The second-order valence-electron chi connectivity index (χ2n) is 5.52. The lowest BCUT2D eigenvalue weighted by Crippen LogP contribution is -2.51. The van der Waals surface area contributed by atoms with Gasteiger partial charge in [-0.15, -0.1) is 0 Å². The Balaban J connectivity index is 1.64. The predicted molar refractivity (Wildman–Crippen MR) is 78.4 cm³/mol. The van der Waals surface area contributed by atoms with E-state index in [0.717, 1.165) is 50.9 Å². The lowest BCUT2D eigenvalue weighted by atomic mass is 10.2. The van der Waals surface area contributed by atoms with Crippen molar-refractivity contribution in [2.24, 2.45) is 0 Å². The van der Waals surface area contributed by atoms with E-state index in [1.165, 1.54) is 6.42 Å². The molecule has 3 heterocycles. The molecular weight excluding hydrogens is 254 g/mol. The van der Waals surface area contributed by atoms with E-state index in [0.29, 0.717) is 11.9 Å². The van der Waals surface area contributed by atoms with Crippen molar-refractivity contribution in [1.82, 2.24) is 20.2 Å². The molecule has 0 saturated carbocycles. The molecule has 6 heteroatoms. The Bertz CT molecular complexity index is 453. The number of hydrogen-bond acceptors (Lipinski definition) is 6. The highest BCUT2D eigenvalue weighted by Gasteiger charge is 2.27. The van der Waals surface area contributed by atoms with Crippen molar-refractivity contribution in [3.8, 4) is 5.88 Å². The summed E-state index contributed by atoms with van der Waals surface area (Å²) in [7, 11) is 1.65. The summed E-state index contributed by atoms with van der Waals surface area (Å²) in [6.07, 6.45) is 1.27. The lowest BCUT2D eigenvalue weighted by Gasteiger charge is -2.37. The minimum absolute atomic E-state index is 0.648. The van der Waals surface area contributed by atoms with Gasteiger partial charge < -0.3 is 15.0 Å². The van der Waals surface area contributed by atoms with Crippen LogP contribution in [-0.4, -0.2) is 67.3 Å². The monoisotopic (exact) mass is 277 g/mol. The third kappa shape index (κ3) is 2.86. The zero-order valence-corrected chi connectivity index (χ0v) is 12.3. The maximum Gasteiger partial charge on any atom is 0.228 e. The van der Waals surface area contributed by atoms with Crippen molar-refractivity contribution >= 4 is 5.95 Å². The summed E-state index contributed by atoms with van der Waals surface area (Å²) >= 11 is 0. The molecule has 1 atom stereocenters. The van der Waals surface area contributed by atoms with Gasteiger partial charge in [0.2, 0.25) is 11.8 Å². The summed E-state index contributed by atoms with van der Waals surface area (Å²) in [5, 5.41) is 3.44. The van der Waals surface area contributed by atoms with E-state index >= 15 is 0 Å². The molecule has 2 saturated heterocycles. The van der Waals surface area contributed by atoms with Gasteiger partial charge in [0.15, 0.2) is 0 Å². The Morgan fingerprint density at radius 1 is 1.25 bits per heavy atom. The molecule has 0 aromatic carbocycles. The molecule has 20 heavy (non-hydrogen) atoms. The molecule has 110 valence electrons. The zero-order valence-electron chi connectivity index (χ0n) is 12.3. The second-order valence-corrected chi connectivity index (χ2v) is 5.52. The molecule has 0 aliphatic carbocycles. The molecule has 1 aromatic heterocycles. The second kappa shape index (κ2) is 5.93. The van der Waals surface area contributed by atoms with E-state index in [1.807, 2.05) is 13.0 Å². The molecule has 2 aliphatic rings.